The van der Waals surface area contributed by atoms with Crippen LogP contribution in [0.4, 0.5) is 5.69 Å². The van der Waals surface area contributed by atoms with Crippen molar-refractivity contribution in [3.05, 3.63) is 84.2 Å². The van der Waals surface area contributed by atoms with Gasteiger partial charge in [-0.1, -0.05) is 36.4 Å². The van der Waals surface area contributed by atoms with Gasteiger partial charge in [-0.2, -0.15) is 0 Å². The summed E-state index contributed by atoms with van der Waals surface area (Å²) in [4.78, 5) is 16.5. The second-order valence-corrected chi connectivity index (χ2v) is 5.65. The lowest BCUT2D eigenvalue weighted by Gasteiger charge is -2.15. The number of nitrogens with one attached hydrogen (secondary N) is 1. The minimum Gasteiger partial charge on any atom is -0.324 e. The fourth-order valence-electron chi connectivity index (χ4n) is 2.60. The van der Waals surface area contributed by atoms with E-state index in [1.807, 2.05) is 55.5 Å². The summed E-state index contributed by atoms with van der Waals surface area (Å²) in [6.45, 7) is 1.94. The average molecular weight is 317 g/mol. The molecule has 2 aromatic carbocycles. The molecule has 3 aromatic rings. The highest BCUT2D eigenvalue weighted by Gasteiger charge is 2.13. The van der Waals surface area contributed by atoms with Crippen LogP contribution in [0.2, 0.25) is 0 Å². The van der Waals surface area contributed by atoms with E-state index in [9.17, 15) is 4.79 Å². The molecule has 24 heavy (non-hydrogen) atoms. The summed E-state index contributed by atoms with van der Waals surface area (Å²) in [5.41, 5.74) is 10.4. The van der Waals surface area contributed by atoms with Crippen molar-refractivity contribution in [3.63, 3.8) is 0 Å². The molecule has 0 saturated heterocycles. The van der Waals surface area contributed by atoms with Gasteiger partial charge in [-0.15, -0.1) is 0 Å². The van der Waals surface area contributed by atoms with Crippen molar-refractivity contribution < 1.29 is 4.79 Å². The lowest BCUT2D eigenvalue weighted by atomic mass is 9.93. The van der Waals surface area contributed by atoms with Crippen molar-refractivity contribution in [3.8, 4) is 11.1 Å². The Morgan fingerprint density at radius 2 is 1.75 bits per heavy atom. The monoisotopic (exact) mass is 317 g/mol. The van der Waals surface area contributed by atoms with Crippen molar-refractivity contribution in [2.45, 2.75) is 13.0 Å². The molecule has 0 aliphatic rings. The fraction of sp³-hybridized carbons (Fsp3) is 0.100. The Kier molecular flexibility index (Phi) is 4.68. The minimum absolute atomic E-state index is 0.113. The molecular weight excluding hydrogens is 298 g/mol. The quantitative estimate of drug-likeness (QED) is 0.763. The molecule has 0 fully saturated rings. The zero-order valence-corrected chi connectivity index (χ0v) is 13.4. The van der Waals surface area contributed by atoms with Crippen molar-refractivity contribution in [1.29, 1.82) is 0 Å². The third kappa shape index (κ3) is 3.50. The van der Waals surface area contributed by atoms with E-state index in [-0.39, 0.29) is 11.9 Å². The van der Waals surface area contributed by atoms with Gasteiger partial charge in [-0.3, -0.25) is 9.78 Å². The molecule has 0 aliphatic heterocycles. The van der Waals surface area contributed by atoms with E-state index in [4.69, 9.17) is 5.73 Å². The number of carbonyl (C=O) groups excluding carboxylic acids is 1. The van der Waals surface area contributed by atoms with Gasteiger partial charge < -0.3 is 11.1 Å². The van der Waals surface area contributed by atoms with Gasteiger partial charge in [0, 0.05) is 29.7 Å². The number of anilines is 1. The first-order valence-corrected chi connectivity index (χ1v) is 7.81. The summed E-state index contributed by atoms with van der Waals surface area (Å²) in [6, 6.07) is 19.0. The van der Waals surface area contributed by atoms with Gasteiger partial charge in [0.2, 0.25) is 0 Å². The fourth-order valence-corrected chi connectivity index (χ4v) is 2.60. The van der Waals surface area contributed by atoms with Crippen LogP contribution in [0.5, 0.6) is 0 Å². The van der Waals surface area contributed by atoms with Crippen LogP contribution >= 0.6 is 0 Å². The van der Waals surface area contributed by atoms with Gasteiger partial charge in [0.1, 0.15) is 0 Å². The van der Waals surface area contributed by atoms with Gasteiger partial charge in [-0.25, -0.2) is 0 Å². The van der Waals surface area contributed by atoms with Crippen molar-refractivity contribution in [2.24, 2.45) is 5.73 Å². The predicted octanol–water partition coefficient (Wildman–Crippen LogP) is 4.02. The van der Waals surface area contributed by atoms with Crippen LogP contribution in [0.3, 0.4) is 0 Å². The highest BCUT2D eigenvalue weighted by Crippen LogP contribution is 2.28. The van der Waals surface area contributed by atoms with Crippen LogP contribution in [-0.4, -0.2) is 10.9 Å². The number of amides is 1. The molecular formula is C20H19N3O. The van der Waals surface area contributed by atoms with E-state index in [2.05, 4.69) is 10.3 Å². The van der Waals surface area contributed by atoms with Crippen molar-refractivity contribution in [1.82, 2.24) is 4.98 Å². The average Bonchev–Trinajstić information content (AvgIpc) is 2.62. The molecule has 1 aromatic heterocycles. The zero-order valence-electron chi connectivity index (χ0n) is 13.4. The molecule has 3 N–H and O–H groups in total. The Morgan fingerprint density at radius 1 is 1.04 bits per heavy atom. The molecule has 4 nitrogen and oxygen atoms in total. The van der Waals surface area contributed by atoms with Gasteiger partial charge >= 0.3 is 0 Å². The Morgan fingerprint density at radius 3 is 2.42 bits per heavy atom. The molecule has 0 aliphatic carbocycles. The summed E-state index contributed by atoms with van der Waals surface area (Å²) in [5.74, 6) is -0.158. The molecule has 3 rings (SSSR count). The number of nitrogens with two attached hydrogens (primary N) is 1. The Bertz CT molecular complexity index is 830. The first kappa shape index (κ1) is 15.9. The first-order chi connectivity index (χ1) is 11.6. The smallest absolute Gasteiger partial charge is 0.255 e. The number of pyridine rings is 1. The SMILES string of the molecule is CC(N)c1ccc(C(=O)Nc2ccncc2)cc1-c1ccccc1. The third-order valence-corrected chi connectivity index (χ3v) is 3.83. The first-order valence-electron chi connectivity index (χ1n) is 7.81. The Hall–Kier alpha value is -2.98. The van der Waals surface area contributed by atoms with Gasteiger partial charge in [0.05, 0.1) is 0 Å². The van der Waals surface area contributed by atoms with Crippen molar-refractivity contribution in [2.75, 3.05) is 5.32 Å². The standard InChI is InChI=1S/C20H19N3O/c1-14(21)18-8-7-16(13-19(18)15-5-3-2-4-6-15)20(24)23-17-9-11-22-12-10-17/h2-14H,21H2,1H3,(H,22,23,24). The Balaban J connectivity index is 1.97. The second kappa shape index (κ2) is 7.06. The summed E-state index contributed by atoms with van der Waals surface area (Å²) in [6.07, 6.45) is 3.29. The largest absolute Gasteiger partial charge is 0.324 e. The molecule has 1 unspecified atom stereocenters. The molecule has 4 heteroatoms. The summed E-state index contributed by atoms with van der Waals surface area (Å²) in [7, 11) is 0. The molecule has 0 spiro atoms. The van der Waals surface area contributed by atoms with Crippen LogP contribution in [-0.2, 0) is 0 Å². The number of nitrogens with zero attached hydrogens (tertiary/aromatic N) is 1. The zero-order chi connectivity index (χ0) is 16.9. The molecule has 0 bridgehead atoms. The molecule has 120 valence electrons. The highest BCUT2D eigenvalue weighted by molar-refractivity contribution is 6.05. The number of aromatic nitrogens is 1. The molecule has 1 atom stereocenters. The third-order valence-electron chi connectivity index (χ3n) is 3.83. The van der Waals surface area contributed by atoms with E-state index < -0.39 is 0 Å². The molecule has 0 saturated carbocycles. The van der Waals surface area contributed by atoms with Crippen LogP contribution in [0.1, 0.15) is 28.9 Å². The van der Waals surface area contributed by atoms with Crippen LogP contribution in [0, 0.1) is 0 Å². The minimum atomic E-state index is -0.158. The predicted molar refractivity (Wildman–Crippen MR) is 96.7 cm³/mol. The number of benzene rings is 2. The van der Waals surface area contributed by atoms with E-state index in [1.165, 1.54) is 0 Å². The van der Waals surface area contributed by atoms with Gasteiger partial charge in [-0.05, 0) is 47.9 Å². The maximum atomic E-state index is 12.5. The van der Waals surface area contributed by atoms with E-state index >= 15 is 0 Å². The maximum Gasteiger partial charge on any atom is 0.255 e. The molecule has 1 amide bonds. The van der Waals surface area contributed by atoms with Crippen LogP contribution in [0.15, 0.2) is 73.1 Å². The molecule has 0 radical (unpaired) electrons. The lowest BCUT2D eigenvalue weighted by Crippen LogP contribution is -2.13. The van der Waals surface area contributed by atoms with Crippen LogP contribution in [0.25, 0.3) is 11.1 Å². The lowest BCUT2D eigenvalue weighted by molar-refractivity contribution is 0.102. The van der Waals surface area contributed by atoms with Crippen molar-refractivity contribution >= 4 is 11.6 Å². The summed E-state index contributed by atoms with van der Waals surface area (Å²) in [5, 5.41) is 2.88. The topological polar surface area (TPSA) is 68.0 Å². The normalized spacial score (nSPS) is 11.8. The number of rotatable bonds is 4. The van der Waals surface area contributed by atoms with E-state index in [0.29, 0.717) is 11.3 Å². The second-order valence-electron chi connectivity index (χ2n) is 5.65. The highest BCUT2D eigenvalue weighted by atomic mass is 16.1. The molecule has 1 heterocycles. The number of hydrogen-bond acceptors (Lipinski definition) is 3. The van der Waals surface area contributed by atoms with Gasteiger partial charge in [0.15, 0.2) is 0 Å². The van der Waals surface area contributed by atoms with E-state index in [1.54, 1.807) is 24.5 Å². The summed E-state index contributed by atoms with van der Waals surface area (Å²) >= 11 is 0. The Labute approximate surface area is 141 Å². The van der Waals surface area contributed by atoms with Crippen LogP contribution < -0.4 is 11.1 Å². The maximum absolute atomic E-state index is 12.5. The number of hydrogen-bond donors (Lipinski definition) is 2. The summed E-state index contributed by atoms with van der Waals surface area (Å²) < 4.78 is 0. The van der Waals surface area contributed by atoms with Gasteiger partial charge in [0.25, 0.3) is 5.91 Å². The number of carbonyl (C=O) groups is 1. The van der Waals surface area contributed by atoms with E-state index in [0.717, 1.165) is 16.7 Å².